The number of piperidine rings is 1. The minimum absolute atomic E-state index is 0.00347. The zero-order valence-corrected chi connectivity index (χ0v) is 26.9. The molecule has 2 unspecified atom stereocenters. The van der Waals surface area contributed by atoms with Gasteiger partial charge >= 0.3 is 12.1 Å². The van der Waals surface area contributed by atoms with E-state index in [1.54, 1.807) is 4.90 Å². The first kappa shape index (κ1) is 33.2. The number of benzene rings is 3. The Hall–Kier alpha value is -4.21. The number of carboxylic acids is 1. The van der Waals surface area contributed by atoms with Gasteiger partial charge in [-0.1, -0.05) is 60.7 Å². The third-order valence-electron chi connectivity index (χ3n) is 9.27. The standard InChI is InChI=1S/C37H46N4O5/c1-39(26-28-14-17-31(24-28)36(43)44)25-27-12-15-30(16-13-27)35(42)40(2)22-23-41-20-18-32(19-21-41)46-37(45)38-34-11-7-6-10-33(34)29-8-4-3-5-9-29/h3-13,15-16,28,31-32H,14,17-26H2,1-2H3,(H,38,45)(H,43,44). The second-order valence-electron chi connectivity index (χ2n) is 12.8. The van der Waals surface area contributed by atoms with E-state index >= 15 is 0 Å². The highest BCUT2D eigenvalue weighted by molar-refractivity contribution is 5.94. The number of amides is 2. The fourth-order valence-electron chi connectivity index (χ4n) is 6.65. The summed E-state index contributed by atoms with van der Waals surface area (Å²) in [5.41, 5.74) is 4.51. The Bertz CT molecular complexity index is 1460. The quantitative estimate of drug-likeness (QED) is 0.252. The predicted octanol–water partition coefficient (Wildman–Crippen LogP) is 6.07. The van der Waals surface area contributed by atoms with Crippen LogP contribution in [0.3, 0.4) is 0 Å². The van der Waals surface area contributed by atoms with Crippen molar-refractivity contribution in [2.75, 3.05) is 52.1 Å². The van der Waals surface area contributed by atoms with E-state index in [2.05, 4.69) is 22.2 Å². The maximum Gasteiger partial charge on any atom is 0.411 e. The number of likely N-dealkylation sites (tertiary alicyclic amines) is 1. The van der Waals surface area contributed by atoms with Crippen molar-refractivity contribution >= 4 is 23.7 Å². The van der Waals surface area contributed by atoms with Gasteiger partial charge in [0.15, 0.2) is 0 Å². The SMILES string of the molecule is CN(Cc1ccc(C(=O)N(C)CCN2CCC(OC(=O)Nc3ccccc3-c3ccccc3)CC2)cc1)CC1CCC(C(=O)O)C1. The minimum Gasteiger partial charge on any atom is -0.481 e. The molecule has 3 aromatic rings. The lowest BCUT2D eigenvalue weighted by molar-refractivity contribution is -0.141. The molecule has 244 valence electrons. The number of para-hydroxylation sites is 1. The molecule has 0 radical (unpaired) electrons. The molecule has 9 nitrogen and oxygen atoms in total. The van der Waals surface area contributed by atoms with E-state index in [4.69, 9.17) is 4.74 Å². The molecular formula is C37H46N4O5. The Kier molecular flexibility index (Phi) is 11.4. The third-order valence-corrected chi connectivity index (χ3v) is 9.27. The van der Waals surface area contributed by atoms with E-state index in [-0.39, 0.29) is 17.9 Å². The molecule has 1 aliphatic heterocycles. The van der Waals surface area contributed by atoms with Crippen LogP contribution in [0.2, 0.25) is 0 Å². The molecular weight excluding hydrogens is 580 g/mol. The van der Waals surface area contributed by atoms with E-state index in [1.807, 2.05) is 85.9 Å². The van der Waals surface area contributed by atoms with Gasteiger partial charge in [-0.05, 0) is 74.4 Å². The molecule has 2 amide bonds. The molecule has 5 rings (SSSR count). The van der Waals surface area contributed by atoms with Crippen molar-refractivity contribution in [1.82, 2.24) is 14.7 Å². The lowest BCUT2D eigenvalue weighted by Gasteiger charge is -2.32. The second-order valence-corrected chi connectivity index (χ2v) is 12.8. The van der Waals surface area contributed by atoms with Crippen molar-refractivity contribution in [3.05, 3.63) is 90.0 Å². The van der Waals surface area contributed by atoms with Gasteiger partial charge in [0.1, 0.15) is 6.10 Å². The summed E-state index contributed by atoms with van der Waals surface area (Å²) in [6.07, 6.45) is 3.42. The van der Waals surface area contributed by atoms with Gasteiger partial charge in [0.2, 0.25) is 0 Å². The molecule has 0 spiro atoms. The monoisotopic (exact) mass is 626 g/mol. The normalized spacial score (nSPS) is 18.8. The average Bonchev–Trinajstić information content (AvgIpc) is 3.53. The van der Waals surface area contributed by atoms with Gasteiger partial charge in [-0.2, -0.15) is 0 Å². The largest absolute Gasteiger partial charge is 0.481 e. The summed E-state index contributed by atoms with van der Waals surface area (Å²) >= 11 is 0. The molecule has 2 fully saturated rings. The summed E-state index contributed by atoms with van der Waals surface area (Å²) in [5, 5.41) is 12.2. The minimum atomic E-state index is -0.673. The summed E-state index contributed by atoms with van der Waals surface area (Å²) in [6.45, 7) is 4.64. The summed E-state index contributed by atoms with van der Waals surface area (Å²) in [7, 11) is 3.90. The van der Waals surface area contributed by atoms with Gasteiger partial charge in [-0.25, -0.2) is 4.79 Å². The molecule has 2 aliphatic rings. The number of hydrogen-bond acceptors (Lipinski definition) is 6. The lowest BCUT2D eigenvalue weighted by Crippen LogP contribution is -2.42. The number of nitrogens with one attached hydrogen (secondary N) is 1. The van der Waals surface area contributed by atoms with E-state index in [9.17, 15) is 19.5 Å². The first-order chi connectivity index (χ1) is 22.2. The van der Waals surface area contributed by atoms with Crippen LogP contribution < -0.4 is 5.32 Å². The topological polar surface area (TPSA) is 102 Å². The van der Waals surface area contributed by atoms with Gasteiger partial charge in [0.05, 0.1) is 11.6 Å². The molecule has 1 heterocycles. The van der Waals surface area contributed by atoms with Crippen molar-refractivity contribution in [1.29, 1.82) is 0 Å². The van der Waals surface area contributed by atoms with E-state index < -0.39 is 12.1 Å². The van der Waals surface area contributed by atoms with Crippen LogP contribution in [-0.2, 0) is 16.1 Å². The molecule has 0 aromatic heterocycles. The smallest absolute Gasteiger partial charge is 0.411 e. The first-order valence-electron chi connectivity index (χ1n) is 16.4. The van der Waals surface area contributed by atoms with Crippen molar-refractivity contribution in [3.8, 4) is 11.1 Å². The molecule has 9 heteroatoms. The fraction of sp³-hybridized carbons (Fsp3) is 0.432. The Morgan fingerprint density at radius 3 is 2.28 bits per heavy atom. The fourth-order valence-corrected chi connectivity index (χ4v) is 6.65. The Labute approximate surface area is 272 Å². The number of anilines is 1. The lowest BCUT2D eigenvalue weighted by atomic mass is 10.0. The van der Waals surface area contributed by atoms with E-state index in [1.165, 1.54) is 0 Å². The highest BCUT2D eigenvalue weighted by Gasteiger charge is 2.30. The molecule has 1 saturated heterocycles. The van der Waals surface area contributed by atoms with E-state index in [0.29, 0.717) is 18.0 Å². The van der Waals surface area contributed by atoms with Crippen LogP contribution in [0.25, 0.3) is 11.1 Å². The summed E-state index contributed by atoms with van der Waals surface area (Å²) in [6, 6.07) is 25.5. The summed E-state index contributed by atoms with van der Waals surface area (Å²) in [5.74, 6) is -0.453. The van der Waals surface area contributed by atoms with Gasteiger partial charge in [-0.3, -0.25) is 14.9 Å². The zero-order chi connectivity index (χ0) is 32.5. The predicted molar refractivity (Wildman–Crippen MR) is 180 cm³/mol. The molecule has 46 heavy (non-hydrogen) atoms. The molecule has 3 aromatic carbocycles. The number of carbonyl (C=O) groups is 3. The number of aliphatic carboxylic acids is 1. The van der Waals surface area contributed by atoms with Gasteiger partial charge in [0.25, 0.3) is 5.91 Å². The molecule has 0 bridgehead atoms. The molecule has 2 N–H and O–H groups in total. The summed E-state index contributed by atoms with van der Waals surface area (Å²) < 4.78 is 5.77. The number of nitrogens with zero attached hydrogens (tertiary/aromatic N) is 3. The van der Waals surface area contributed by atoms with Gasteiger partial charge < -0.3 is 24.5 Å². The summed E-state index contributed by atoms with van der Waals surface area (Å²) in [4.78, 5) is 43.4. The molecule has 1 saturated carbocycles. The first-order valence-corrected chi connectivity index (χ1v) is 16.4. The van der Waals surface area contributed by atoms with E-state index in [0.717, 1.165) is 87.2 Å². The van der Waals surface area contributed by atoms with Crippen LogP contribution in [0.4, 0.5) is 10.5 Å². The molecule has 1 aliphatic carbocycles. The van der Waals surface area contributed by atoms with Crippen LogP contribution in [0.1, 0.15) is 48.0 Å². The number of carbonyl (C=O) groups excluding carboxylic acids is 2. The number of likely N-dealkylation sites (N-methyl/N-ethyl adjacent to an activating group) is 1. The van der Waals surface area contributed by atoms with Crippen LogP contribution in [0.15, 0.2) is 78.9 Å². The number of carboxylic acid groups (broad SMARTS) is 1. The number of rotatable bonds is 12. The highest BCUT2D eigenvalue weighted by Crippen LogP contribution is 2.32. The Morgan fingerprint density at radius 2 is 1.59 bits per heavy atom. The van der Waals surface area contributed by atoms with Gasteiger partial charge in [0, 0.05) is 57.4 Å². The zero-order valence-electron chi connectivity index (χ0n) is 26.9. The van der Waals surface area contributed by atoms with Crippen LogP contribution >= 0.6 is 0 Å². The Morgan fingerprint density at radius 1 is 0.891 bits per heavy atom. The number of hydrogen-bond donors (Lipinski definition) is 2. The van der Waals surface area contributed by atoms with Crippen molar-refractivity contribution in [2.45, 2.75) is 44.8 Å². The van der Waals surface area contributed by atoms with Crippen LogP contribution in [0.5, 0.6) is 0 Å². The highest BCUT2D eigenvalue weighted by atomic mass is 16.6. The van der Waals surface area contributed by atoms with Crippen LogP contribution in [-0.4, -0.2) is 90.7 Å². The van der Waals surface area contributed by atoms with Crippen LogP contribution in [0, 0.1) is 11.8 Å². The molecule has 2 atom stereocenters. The number of ether oxygens (including phenoxy) is 1. The second kappa shape index (κ2) is 15.9. The van der Waals surface area contributed by atoms with Gasteiger partial charge in [-0.15, -0.1) is 0 Å². The maximum atomic E-state index is 13.1. The van der Waals surface area contributed by atoms with Crippen molar-refractivity contribution in [2.24, 2.45) is 11.8 Å². The third kappa shape index (κ3) is 9.17. The van der Waals surface area contributed by atoms with Crippen molar-refractivity contribution in [3.63, 3.8) is 0 Å². The Balaban J connectivity index is 1.00. The average molecular weight is 627 g/mol. The maximum absolute atomic E-state index is 13.1. The van der Waals surface area contributed by atoms with Crippen molar-refractivity contribution < 1.29 is 24.2 Å².